The SMILES string of the molecule is Cc1cc(N2CCOCC2)ncc1N1C[C@@]2(CCC[C@](C)(Cn3cnc4ccc(C#N)cc43)C2)OC1=O. The third-order valence-corrected chi connectivity index (χ3v) is 8.13. The first-order valence-corrected chi connectivity index (χ1v) is 13.0. The van der Waals surface area contributed by atoms with Crippen molar-refractivity contribution < 1.29 is 14.3 Å². The predicted octanol–water partition coefficient (Wildman–Crippen LogP) is 4.42. The summed E-state index contributed by atoms with van der Waals surface area (Å²) in [6.45, 7) is 8.65. The van der Waals surface area contributed by atoms with E-state index in [9.17, 15) is 10.1 Å². The van der Waals surface area contributed by atoms with Crippen LogP contribution >= 0.6 is 0 Å². The Morgan fingerprint density at radius 2 is 2.00 bits per heavy atom. The molecule has 3 aliphatic rings. The van der Waals surface area contributed by atoms with Crippen molar-refractivity contribution in [2.75, 3.05) is 42.6 Å². The van der Waals surface area contributed by atoms with Gasteiger partial charge in [0.1, 0.15) is 11.4 Å². The van der Waals surface area contributed by atoms with Crippen LogP contribution in [0.3, 0.4) is 0 Å². The van der Waals surface area contributed by atoms with Gasteiger partial charge in [0.15, 0.2) is 0 Å². The molecule has 1 amide bonds. The summed E-state index contributed by atoms with van der Waals surface area (Å²) in [4.78, 5) is 26.4. The quantitative estimate of drug-likeness (QED) is 0.523. The molecule has 9 nitrogen and oxygen atoms in total. The number of carbonyl (C=O) groups is 1. The molecule has 3 aromatic rings. The van der Waals surface area contributed by atoms with Crippen LogP contribution in [0.2, 0.25) is 0 Å². The lowest BCUT2D eigenvalue weighted by molar-refractivity contribution is -0.0264. The van der Waals surface area contributed by atoms with E-state index in [0.29, 0.717) is 25.3 Å². The average molecular weight is 501 g/mol. The summed E-state index contributed by atoms with van der Waals surface area (Å²) in [6.07, 6.45) is 7.04. The second-order valence-corrected chi connectivity index (χ2v) is 11.1. The first-order valence-electron chi connectivity index (χ1n) is 13.0. The van der Waals surface area contributed by atoms with Crippen LogP contribution in [0.4, 0.5) is 16.3 Å². The number of rotatable bonds is 4. The number of hydrogen-bond acceptors (Lipinski definition) is 7. The molecule has 192 valence electrons. The number of morpholine rings is 1. The molecule has 1 saturated carbocycles. The first-order chi connectivity index (χ1) is 17.9. The van der Waals surface area contributed by atoms with Gasteiger partial charge in [0.25, 0.3) is 0 Å². The third kappa shape index (κ3) is 4.40. The lowest BCUT2D eigenvalue weighted by Crippen LogP contribution is -2.45. The van der Waals surface area contributed by atoms with Crippen molar-refractivity contribution in [2.24, 2.45) is 5.41 Å². The second kappa shape index (κ2) is 9.03. The van der Waals surface area contributed by atoms with Crippen molar-refractivity contribution in [3.05, 3.63) is 47.9 Å². The summed E-state index contributed by atoms with van der Waals surface area (Å²) in [5.41, 5.74) is 3.72. The molecule has 9 heteroatoms. The van der Waals surface area contributed by atoms with Gasteiger partial charge in [0.2, 0.25) is 0 Å². The molecule has 0 radical (unpaired) electrons. The van der Waals surface area contributed by atoms with Crippen LogP contribution in [0, 0.1) is 23.7 Å². The highest BCUT2D eigenvalue weighted by Gasteiger charge is 2.52. The summed E-state index contributed by atoms with van der Waals surface area (Å²) >= 11 is 0. The molecule has 6 rings (SSSR count). The highest BCUT2D eigenvalue weighted by atomic mass is 16.6. The van der Waals surface area contributed by atoms with Crippen LogP contribution in [-0.2, 0) is 16.0 Å². The fourth-order valence-corrected chi connectivity index (χ4v) is 6.40. The Morgan fingerprint density at radius 3 is 2.78 bits per heavy atom. The number of nitrogens with zero attached hydrogens (tertiary/aromatic N) is 6. The van der Waals surface area contributed by atoms with Crippen LogP contribution in [-0.4, -0.2) is 59.1 Å². The molecular formula is C28H32N6O3. The van der Waals surface area contributed by atoms with Gasteiger partial charge in [0.05, 0.1) is 60.6 Å². The summed E-state index contributed by atoms with van der Waals surface area (Å²) in [7, 11) is 0. The zero-order chi connectivity index (χ0) is 25.6. The van der Waals surface area contributed by atoms with Crippen molar-refractivity contribution in [2.45, 2.75) is 51.7 Å². The van der Waals surface area contributed by atoms with E-state index in [4.69, 9.17) is 9.47 Å². The zero-order valence-electron chi connectivity index (χ0n) is 21.4. The van der Waals surface area contributed by atoms with E-state index in [1.54, 1.807) is 11.0 Å². The summed E-state index contributed by atoms with van der Waals surface area (Å²) in [5.74, 6) is 0.921. The Morgan fingerprint density at radius 1 is 1.16 bits per heavy atom. The molecule has 2 aliphatic heterocycles. The third-order valence-electron chi connectivity index (χ3n) is 8.13. The summed E-state index contributed by atoms with van der Waals surface area (Å²) < 4.78 is 13.8. The Hall–Kier alpha value is -3.64. The number of benzene rings is 1. The van der Waals surface area contributed by atoms with Crippen molar-refractivity contribution in [1.82, 2.24) is 14.5 Å². The molecule has 1 aliphatic carbocycles. The lowest BCUT2D eigenvalue weighted by atomic mass is 9.68. The number of carbonyl (C=O) groups excluding carboxylic acids is 1. The fraction of sp³-hybridized carbons (Fsp3) is 0.500. The molecule has 2 saturated heterocycles. The maximum Gasteiger partial charge on any atom is 0.415 e. The van der Waals surface area contributed by atoms with Gasteiger partial charge >= 0.3 is 6.09 Å². The molecule has 37 heavy (non-hydrogen) atoms. The molecular weight excluding hydrogens is 468 g/mol. The number of aromatic nitrogens is 3. The van der Waals surface area contributed by atoms with Crippen LogP contribution in [0.5, 0.6) is 0 Å². The van der Waals surface area contributed by atoms with Gasteiger partial charge in [-0.1, -0.05) is 6.92 Å². The molecule has 3 fully saturated rings. The Bertz CT molecular complexity index is 1390. The van der Waals surface area contributed by atoms with E-state index >= 15 is 0 Å². The van der Waals surface area contributed by atoms with Gasteiger partial charge in [-0.05, 0) is 67.9 Å². The maximum absolute atomic E-state index is 13.2. The monoisotopic (exact) mass is 500 g/mol. The number of aryl methyl sites for hydroxylation is 1. The number of nitriles is 1. The topological polar surface area (TPSA) is 96.5 Å². The molecule has 2 atom stereocenters. The highest BCUT2D eigenvalue weighted by molar-refractivity contribution is 5.91. The molecule has 1 spiro atoms. The molecule has 2 aromatic heterocycles. The molecule has 0 N–H and O–H groups in total. The van der Waals surface area contributed by atoms with Gasteiger partial charge in [-0.2, -0.15) is 5.26 Å². The number of pyridine rings is 1. The van der Waals surface area contributed by atoms with Crippen LogP contribution in [0.25, 0.3) is 11.0 Å². The largest absolute Gasteiger partial charge is 0.441 e. The number of hydrogen-bond donors (Lipinski definition) is 0. The first kappa shape index (κ1) is 23.7. The van der Waals surface area contributed by atoms with E-state index in [1.165, 1.54) is 0 Å². The maximum atomic E-state index is 13.2. The van der Waals surface area contributed by atoms with Crippen molar-refractivity contribution >= 4 is 28.6 Å². The van der Waals surface area contributed by atoms with E-state index in [2.05, 4.69) is 38.5 Å². The smallest absolute Gasteiger partial charge is 0.415 e. The van der Waals surface area contributed by atoms with Crippen LogP contribution in [0.15, 0.2) is 36.8 Å². The number of amides is 1. The minimum atomic E-state index is -0.520. The normalized spacial score (nSPS) is 26.0. The highest BCUT2D eigenvalue weighted by Crippen LogP contribution is 2.48. The molecule has 0 bridgehead atoms. The Labute approximate surface area is 216 Å². The number of anilines is 2. The van der Waals surface area contributed by atoms with E-state index < -0.39 is 5.60 Å². The van der Waals surface area contributed by atoms with E-state index in [0.717, 1.165) is 73.4 Å². The van der Waals surface area contributed by atoms with Gasteiger partial charge in [-0.25, -0.2) is 14.8 Å². The van der Waals surface area contributed by atoms with Gasteiger partial charge < -0.3 is 18.9 Å². The lowest BCUT2D eigenvalue weighted by Gasteiger charge is -2.43. The summed E-state index contributed by atoms with van der Waals surface area (Å²) in [6, 6.07) is 9.88. The Balaban J connectivity index is 1.21. The summed E-state index contributed by atoms with van der Waals surface area (Å²) in [5, 5.41) is 9.34. The van der Waals surface area contributed by atoms with Gasteiger partial charge in [-0.3, -0.25) is 4.90 Å². The van der Waals surface area contributed by atoms with Crippen LogP contribution in [0.1, 0.15) is 43.7 Å². The predicted molar refractivity (Wildman–Crippen MR) is 140 cm³/mol. The number of imidazole rings is 1. The Kier molecular flexibility index (Phi) is 5.80. The van der Waals surface area contributed by atoms with Crippen LogP contribution < -0.4 is 9.80 Å². The second-order valence-electron chi connectivity index (χ2n) is 11.1. The van der Waals surface area contributed by atoms with Crippen molar-refractivity contribution in [3.63, 3.8) is 0 Å². The van der Waals surface area contributed by atoms with Gasteiger partial charge in [0, 0.05) is 19.6 Å². The fourth-order valence-electron chi connectivity index (χ4n) is 6.40. The number of fused-ring (bicyclic) bond motifs is 1. The minimum Gasteiger partial charge on any atom is -0.441 e. The number of ether oxygens (including phenoxy) is 2. The van der Waals surface area contributed by atoms with E-state index in [-0.39, 0.29) is 11.5 Å². The minimum absolute atomic E-state index is 0.0711. The van der Waals surface area contributed by atoms with Crippen molar-refractivity contribution in [3.8, 4) is 6.07 Å². The van der Waals surface area contributed by atoms with Crippen molar-refractivity contribution in [1.29, 1.82) is 5.26 Å². The molecule has 0 unspecified atom stereocenters. The molecule has 4 heterocycles. The molecule has 1 aromatic carbocycles. The standard InChI is InChI=1S/C28H32N6O3/c1-20-12-25(32-8-10-36-11-9-32)30-15-24(20)34-18-28(37-26(34)35)7-3-6-27(2,16-28)17-33-19-31-22-5-4-21(14-29)13-23(22)33/h4-5,12-13,15,19H,3,6-11,16-18H2,1-2H3/t27-,28-/m0/s1. The van der Waals surface area contributed by atoms with E-state index in [1.807, 2.05) is 31.6 Å². The van der Waals surface area contributed by atoms with Gasteiger partial charge in [-0.15, -0.1) is 0 Å². The average Bonchev–Trinajstić information content (AvgIpc) is 3.43. The zero-order valence-corrected chi connectivity index (χ0v) is 21.4.